The monoisotopic (exact) mass is 144 g/mol. The molecule has 0 unspecified atom stereocenters. The Morgan fingerprint density at radius 2 is 2.11 bits per heavy atom. The molecule has 4 nitrogen and oxygen atoms in total. The van der Waals surface area contributed by atoms with Crippen molar-refractivity contribution in [1.29, 1.82) is 0 Å². The standard InChI is InChI=1S/C3H6O4S.Li/c1-2-3-7-8(4,5)6;/h2H,1,3H2,(H,4,5,6);/q;+1/p-1. The summed E-state index contributed by atoms with van der Waals surface area (Å²) in [6.45, 7) is 2.88. The fourth-order valence-corrected chi connectivity index (χ4v) is 0.394. The summed E-state index contributed by atoms with van der Waals surface area (Å²) in [6.07, 6.45) is 1.18. The fraction of sp³-hybridized carbons (Fsp3) is 0.333. The van der Waals surface area contributed by atoms with Crippen LogP contribution in [0.3, 0.4) is 0 Å². The second-order valence-corrected chi connectivity index (χ2v) is 2.03. The van der Waals surface area contributed by atoms with Gasteiger partial charge in [0.2, 0.25) is 10.4 Å². The van der Waals surface area contributed by atoms with Gasteiger partial charge in [-0.1, -0.05) is 6.08 Å². The van der Waals surface area contributed by atoms with Gasteiger partial charge in [-0.15, -0.1) is 6.58 Å². The van der Waals surface area contributed by atoms with Crippen molar-refractivity contribution in [3.8, 4) is 0 Å². The Bertz CT molecular complexity index is 161. The molecule has 0 aromatic rings. The van der Waals surface area contributed by atoms with Crippen LogP contribution in [0.25, 0.3) is 0 Å². The van der Waals surface area contributed by atoms with Crippen LogP contribution in [-0.2, 0) is 14.6 Å². The van der Waals surface area contributed by atoms with E-state index < -0.39 is 10.4 Å². The summed E-state index contributed by atoms with van der Waals surface area (Å²) in [6, 6.07) is 0. The molecule has 0 bridgehead atoms. The van der Waals surface area contributed by atoms with E-state index in [0.717, 1.165) is 0 Å². The van der Waals surface area contributed by atoms with Crippen LogP contribution in [0.4, 0.5) is 0 Å². The Balaban J connectivity index is 0. The molecule has 0 aromatic heterocycles. The van der Waals surface area contributed by atoms with Gasteiger partial charge in [-0.05, 0) is 0 Å². The first-order chi connectivity index (χ1) is 3.56. The van der Waals surface area contributed by atoms with Gasteiger partial charge < -0.3 is 4.55 Å². The van der Waals surface area contributed by atoms with Crippen LogP contribution in [0, 0.1) is 0 Å². The van der Waals surface area contributed by atoms with Crippen LogP contribution >= 0.6 is 0 Å². The smallest absolute Gasteiger partial charge is 0.726 e. The second kappa shape index (κ2) is 5.03. The predicted molar refractivity (Wildman–Crippen MR) is 25.8 cm³/mol. The molecule has 0 heterocycles. The first-order valence-electron chi connectivity index (χ1n) is 1.77. The number of hydrogen-bond donors (Lipinski definition) is 0. The molecule has 0 N–H and O–H groups in total. The van der Waals surface area contributed by atoms with E-state index in [4.69, 9.17) is 0 Å². The zero-order valence-corrected chi connectivity index (χ0v) is 5.85. The van der Waals surface area contributed by atoms with Crippen LogP contribution in [0.5, 0.6) is 0 Å². The van der Waals surface area contributed by atoms with Crippen molar-refractivity contribution in [3.63, 3.8) is 0 Å². The quantitative estimate of drug-likeness (QED) is 0.180. The van der Waals surface area contributed by atoms with E-state index in [2.05, 4.69) is 10.8 Å². The van der Waals surface area contributed by atoms with Crippen molar-refractivity contribution >= 4 is 10.4 Å². The molecule has 0 spiro atoms. The van der Waals surface area contributed by atoms with E-state index >= 15 is 0 Å². The topological polar surface area (TPSA) is 66.4 Å². The van der Waals surface area contributed by atoms with Crippen molar-refractivity contribution in [1.82, 2.24) is 0 Å². The van der Waals surface area contributed by atoms with E-state index in [9.17, 15) is 13.0 Å². The first-order valence-corrected chi connectivity index (χ1v) is 3.11. The van der Waals surface area contributed by atoms with Gasteiger partial charge in [0.05, 0.1) is 6.61 Å². The third kappa shape index (κ3) is 11.7. The van der Waals surface area contributed by atoms with Crippen LogP contribution in [0.1, 0.15) is 0 Å². The average Bonchev–Trinajstić information content (AvgIpc) is 1.59. The number of rotatable bonds is 3. The third-order valence-electron chi connectivity index (χ3n) is 0.330. The third-order valence-corrected chi connectivity index (χ3v) is 0.755. The van der Waals surface area contributed by atoms with Crippen molar-refractivity contribution < 1.29 is 36.0 Å². The minimum atomic E-state index is -4.51. The van der Waals surface area contributed by atoms with E-state index in [-0.39, 0.29) is 25.5 Å². The molecule has 0 fully saturated rings. The van der Waals surface area contributed by atoms with Crippen molar-refractivity contribution in [2.24, 2.45) is 0 Å². The average molecular weight is 144 g/mol. The normalized spacial score (nSPS) is 9.89. The SMILES string of the molecule is C=CCOS(=O)(=O)[O-].[Li+]. The van der Waals surface area contributed by atoms with Crippen molar-refractivity contribution in [2.75, 3.05) is 6.61 Å². The Labute approximate surface area is 66.0 Å². The maximum Gasteiger partial charge on any atom is 1.00 e. The summed E-state index contributed by atoms with van der Waals surface area (Å²) in [5.74, 6) is 0. The summed E-state index contributed by atoms with van der Waals surface area (Å²) >= 11 is 0. The summed E-state index contributed by atoms with van der Waals surface area (Å²) in [4.78, 5) is 0. The van der Waals surface area contributed by atoms with Gasteiger partial charge in [0.25, 0.3) is 0 Å². The van der Waals surface area contributed by atoms with E-state index in [1.165, 1.54) is 6.08 Å². The Morgan fingerprint density at radius 3 is 2.22 bits per heavy atom. The molecule has 0 amide bonds. The molecule has 0 radical (unpaired) electrons. The molecule has 0 saturated carbocycles. The van der Waals surface area contributed by atoms with E-state index in [0.29, 0.717) is 0 Å². The Hall–Kier alpha value is 0.207. The molecule has 0 aliphatic carbocycles. The van der Waals surface area contributed by atoms with Gasteiger partial charge in [0.15, 0.2) is 0 Å². The molecule has 6 heteroatoms. The largest absolute Gasteiger partial charge is 1.00 e. The molecule has 0 atom stereocenters. The zero-order chi connectivity index (χ0) is 6.62. The molecule has 0 saturated heterocycles. The predicted octanol–water partition coefficient (Wildman–Crippen LogP) is -3.35. The fourth-order valence-electron chi connectivity index (χ4n) is 0.131. The molecule has 48 valence electrons. The van der Waals surface area contributed by atoms with E-state index in [1.807, 2.05) is 0 Å². The second-order valence-electron chi connectivity index (χ2n) is 0.981. The molecule has 0 aliphatic rings. The molecule has 0 aliphatic heterocycles. The van der Waals surface area contributed by atoms with Crippen LogP contribution < -0.4 is 18.9 Å². The Morgan fingerprint density at radius 1 is 1.67 bits per heavy atom. The van der Waals surface area contributed by atoms with Gasteiger partial charge in [0.1, 0.15) is 0 Å². The minimum absolute atomic E-state index is 0. The summed E-state index contributed by atoms with van der Waals surface area (Å²) in [5, 5.41) is 0. The molecule has 0 rings (SSSR count). The van der Waals surface area contributed by atoms with Crippen LogP contribution in [0.15, 0.2) is 12.7 Å². The van der Waals surface area contributed by atoms with Gasteiger partial charge in [-0.25, -0.2) is 8.42 Å². The molecule has 9 heavy (non-hydrogen) atoms. The summed E-state index contributed by atoms with van der Waals surface area (Å²) in [7, 11) is -4.51. The first kappa shape index (κ1) is 11.9. The van der Waals surface area contributed by atoms with Gasteiger partial charge in [-0.3, -0.25) is 4.18 Å². The zero-order valence-electron chi connectivity index (χ0n) is 5.03. The molecule has 0 aromatic carbocycles. The van der Waals surface area contributed by atoms with Crippen molar-refractivity contribution in [2.45, 2.75) is 0 Å². The summed E-state index contributed by atoms with van der Waals surface area (Å²) in [5.41, 5.74) is 0. The van der Waals surface area contributed by atoms with Crippen molar-refractivity contribution in [3.05, 3.63) is 12.7 Å². The van der Waals surface area contributed by atoms with E-state index in [1.54, 1.807) is 0 Å². The van der Waals surface area contributed by atoms with Crippen LogP contribution in [-0.4, -0.2) is 19.6 Å². The number of hydrogen-bond acceptors (Lipinski definition) is 4. The molecular formula is C3H5LiO4S. The Kier molecular flexibility index (Phi) is 6.67. The van der Waals surface area contributed by atoms with Gasteiger partial charge in [-0.2, -0.15) is 0 Å². The maximum atomic E-state index is 9.56. The molecular weight excluding hydrogens is 139 g/mol. The maximum absolute atomic E-state index is 9.56. The van der Waals surface area contributed by atoms with Crippen LogP contribution in [0.2, 0.25) is 0 Å². The van der Waals surface area contributed by atoms with Gasteiger partial charge >= 0.3 is 18.9 Å². The minimum Gasteiger partial charge on any atom is -0.726 e. The summed E-state index contributed by atoms with van der Waals surface area (Å²) < 4.78 is 32.4. The van der Waals surface area contributed by atoms with Gasteiger partial charge in [0, 0.05) is 0 Å².